The van der Waals surface area contributed by atoms with Crippen molar-refractivity contribution in [3.63, 3.8) is 0 Å². The van der Waals surface area contributed by atoms with E-state index < -0.39 is 29.7 Å². The van der Waals surface area contributed by atoms with E-state index in [0.29, 0.717) is 58.4 Å². The Bertz CT molecular complexity index is 2060. The maximum Gasteiger partial charge on any atom is 0.264 e. The number of carbonyl (C=O) groups is 6. The largest absolute Gasteiger partial charge is 0.463 e. The van der Waals surface area contributed by atoms with Crippen LogP contribution in [0.2, 0.25) is 0 Å². The van der Waals surface area contributed by atoms with Crippen LogP contribution >= 0.6 is 0 Å². The lowest BCUT2D eigenvalue weighted by Crippen LogP contribution is -2.54. The number of nitrogens with two attached hydrogens (primary N) is 1. The van der Waals surface area contributed by atoms with Crippen molar-refractivity contribution in [3.8, 4) is 0 Å². The molecule has 19 heteroatoms. The number of rotatable bonds is 17. The van der Waals surface area contributed by atoms with Crippen LogP contribution in [0.15, 0.2) is 48.9 Å². The molecule has 0 spiro atoms. The summed E-state index contributed by atoms with van der Waals surface area (Å²) >= 11 is 0. The summed E-state index contributed by atoms with van der Waals surface area (Å²) in [5, 5.41) is 5.36. The van der Waals surface area contributed by atoms with Crippen LogP contribution in [-0.4, -0.2) is 166 Å². The number of hydrogen-bond donors (Lipinski definition) is 3. The van der Waals surface area contributed by atoms with Gasteiger partial charge in [0.05, 0.1) is 68.6 Å². The highest BCUT2D eigenvalue weighted by Crippen LogP contribution is 2.38. The van der Waals surface area contributed by atoms with Gasteiger partial charge in [-0.1, -0.05) is 12.1 Å². The summed E-state index contributed by atoms with van der Waals surface area (Å²) in [5.41, 5.74) is 9.86. The molecule has 0 bridgehead atoms. The molecule has 338 valence electrons. The number of hydrogen-bond acceptors (Lipinski definition) is 15. The fourth-order valence-electron chi connectivity index (χ4n) is 9.09. The number of fused-ring (bicyclic) bond motifs is 1. The normalized spacial score (nSPS) is 22.4. The lowest BCUT2D eigenvalue weighted by molar-refractivity contribution is -0.136. The van der Waals surface area contributed by atoms with Gasteiger partial charge in [-0.25, -0.2) is 4.90 Å². The summed E-state index contributed by atoms with van der Waals surface area (Å²) < 4.78 is 23.1. The molecule has 0 radical (unpaired) electrons. The van der Waals surface area contributed by atoms with Gasteiger partial charge in [-0.05, 0) is 49.1 Å². The second-order valence-corrected chi connectivity index (χ2v) is 16.5. The maximum absolute atomic E-state index is 13.3. The van der Waals surface area contributed by atoms with Crippen molar-refractivity contribution >= 4 is 52.5 Å². The van der Waals surface area contributed by atoms with E-state index in [1.54, 1.807) is 24.5 Å². The van der Waals surface area contributed by atoms with Gasteiger partial charge in [0.15, 0.2) is 0 Å². The van der Waals surface area contributed by atoms with Crippen molar-refractivity contribution < 1.29 is 47.7 Å². The number of carbonyl (C=O) groups excluding carboxylic acids is 6. The highest BCUT2D eigenvalue weighted by Gasteiger charge is 2.45. The SMILES string of the molecule is NC(=O)C1CCN(c2cc(CN3CCN(C(=O)CCOCCOCCNc4cccc5c4C(=O)N(C4CCC(=O)NC4=O)C5=O)CC3)ccc2N2C=COC2N2CCOCC2)CC1. The average Bonchev–Trinajstić information content (AvgIpc) is 3.89. The Hall–Kier alpha value is -5.60. The first-order valence-electron chi connectivity index (χ1n) is 22.0. The molecule has 6 aliphatic heterocycles. The number of nitrogens with zero attached hydrogens (tertiary/aromatic N) is 6. The lowest BCUT2D eigenvalue weighted by atomic mass is 9.95. The molecule has 0 aliphatic carbocycles. The summed E-state index contributed by atoms with van der Waals surface area (Å²) in [6.07, 6.45) is 5.34. The predicted octanol–water partition coefficient (Wildman–Crippen LogP) is 0.893. The fourth-order valence-corrected chi connectivity index (χ4v) is 9.09. The molecule has 4 saturated heterocycles. The first-order valence-corrected chi connectivity index (χ1v) is 22.0. The minimum absolute atomic E-state index is 0.0540. The number of anilines is 3. The standard InChI is InChI=1S/C44H57N9O10/c45-40(56)31-8-12-49(13-9-31)36-28-30(4-5-34(36)52-20-25-63-44(52)51-18-23-62-24-19-51)29-48-14-16-50(17-15-48)38(55)10-21-60-26-27-61-22-11-46-33-3-1-2-32-39(33)43(59)53(42(32)58)35-6-7-37(54)47-41(35)57/h1-5,20,25,28,31,35,44,46H,6-19,21-24,26-27,29H2,(H2,45,56)(H,47,54,57). The first-order chi connectivity index (χ1) is 30.7. The minimum Gasteiger partial charge on any atom is -0.463 e. The van der Waals surface area contributed by atoms with Gasteiger partial charge in [0.2, 0.25) is 30.0 Å². The van der Waals surface area contributed by atoms with Crippen LogP contribution in [0.4, 0.5) is 17.1 Å². The summed E-state index contributed by atoms with van der Waals surface area (Å²) in [4.78, 5) is 87.4. The van der Waals surface area contributed by atoms with E-state index in [1.165, 1.54) is 5.56 Å². The van der Waals surface area contributed by atoms with Crippen LogP contribution in [0.25, 0.3) is 0 Å². The number of piperazine rings is 1. The van der Waals surface area contributed by atoms with Gasteiger partial charge in [-0.2, -0.15) is 0 Å². The Balaban J connectivity index is 0.744. The molecule has 8 rings (SSSR count). The van der Waals surface area contributed by atoms with E-state index in [4.69, 9.17) is 24.7 Å². The maximum atomic E-state index is 13.3. The number of primary amides is 1. The van der Waals surface area contributed by atoms with E-state index in [1.807, 2.05) is 11.1 Å². The van der Waals surface area contributed by atoms with Gasteiger partial charge in [0, 0.05) is 89.7 Å². The number of benzene rings is 2. The molecule has 6 aliphatic rings. The number of morpholine rings is 1. The number of amides is 6. The minimum atomic E-state index is -1.03. The zero-order chi connectivity index (χ0) is 43.9. The van der Waals surface area contributed by atoms with Crippen molar-refractivity contribution in [3.05, 3.63) is 65.6 Å². The molecular weight excluding hydrogens is 815 g/mol. The number of piperidine rings is 2. The zero-order valence-corrected chi connectivity index (χ0v) is 35.5. The molecular formula is C44H57N9O10. The number of imide groups is 2. The number of nitrogens with one attached hydrogen (secondary N) is 2. The quantitative estimate of drug-likeness (QED) is 0.149. The van der Waals surface area contributed by atoms with Gasteiger partial charge in [0.25, 0.3) is 11.8 Å². The van der Waals surface area contributed by atoms with Gasteiger partial charge in [-0.3, -0.25) is 48.8 Å². The second-order valence-electron chi connectivity index (χ2n) is 16.5. The summed E-state index contributed by atoms with van der Waals surface area (Å²) in [6.45, 7) is 9.47. The molecule has 2 aromatic carbocycles. The smallest absolute Gasteiger partial charge is 0.264 e. The topological polar surface area (TPSA) is 209 Å². The van der Waals surface area contributed by atoms with Crippen molar-refractivity contribution in [1.82, 2.24) is 24.9 Å². The molecule has 4 fully saturated rings. The summed E-state index contributed by atoms with van der Waals surface area (Å²) in [7, 11) is 0. The second kappa shape index (κ2) is 20.3. The molecule has 63 heavy (non-hydrogen) atoms. The van der Waals surface area contributed by atoms with Crippen LogP contribution in [0.1, 0.15) is 58.4 Å². The third-order valence-electron chi connectivity index (χ3n) is 12.6. The molecule has 2 aromatic rings. The monoisotopic (exact) mass is 871 g/mol. The third kappa shape index (κ3) is 10.1. The molecule has 19 nitrogen and oxygen atoms in total. The van der Waals surface area contributed by atoms with Crippen molar-refractivity contribution in [2.24, 2.45) is 11.7 Å². The Labute approximate surface area is 366 Å². The van der Waals surface area contributed by atoms with Gasteiger partial charge in [-0.15, -0.1) is 0 Å². The third-order valence-corrected chi connectivity index (χ3v) is 12.6. The van der Waals surface area contributed by atoms with Gasteiger partial charge >= 0.3 is 0 Å². The highest BCUT2D eigenvalue weighted by atomic mass is 16.5. The molecule has 0 aromatic heterocycles. The number of ether oxygens (including phenoxy) is 4. The van der Waals surface area contributed by atoms with Crippen LogP contribution in [0.3, 0.4) is 0 Å². The van der Waals surface area contributed by atoms with E-state index >= 15 is 0 Å². The summed E-state index contributed by atoms with van der Waals surface area (Å²) in [5.74, 6) is -2.49. The van der Waals surface area contributed by atoms with Crippen molar-refractivity contribution in [2.45, 2.75) is 51.0 Å². The molecule has 6 amide bonds. The average molecular weight is 872 g/mol. The van der Waals surface area contributed by atoms with Crippen molar-refractivity contribution in [1.29, 1.82) is 0 Å². The molecule has 2 atom stereocenters. The zero-order valence-electron chi connectivity index (χ0n) is 35.5. The Morgan fingerprint density at radius 3 is 2.35 bits per heavy atom. The Kier molecular flexibility index (Phi) is 14.2. The van der Waals surface area contributed by atoms with Crippen LogP contribution in [0.5, 0.6) is 0 Å². The molecule has 2 unspecified atom stereocenters. The van der Waals surface area contributed by atoms with E-state index in [-0.39, 0.29) is 61.1 Å². The molecule has 6 heterocycles. The van der Waals surface area contributed by atoms with E-state index in [9.17, 15) is 28.8 Å². The van der Waals surface area contributed by atoms with Gasteiger partial charge < -0.3 is 39.8 Å². The van der Waals surface area contributed by atoms with E-state index in [0.717, 1.165) is 74.9 Å². The van der Waals surface area contributed by atoms with Gasteiger partial charge in [0.1, 0.15) is 12.3 Å². The summed E-state index contributed by atoms with van der Waals surface area (Å²) in [6, 6.07) is 10.5. The van der Waals surface area contributed by atoms with Crippen LogP contribution in [0, 0.1) is 5.92 Å². The van der Waals surface area contributed by atoms with Crippen LogP contribution in [-0.2, 0) is 44.7 Å². The van der Waals surface area contributed by atoms with E-state index in [2.05, 4.69) is 48.4 Å². The highest BCUT2D eigenvalue weighted by molar-refractivity contribution is 6.25. The Morgan fingerprint density at radius 1 is 0.841 bits per heavy atom. The van der Waals surface area contributed by atoms with Crippen LogP contribution < -0.4 is 26.2 Å². The molecule has 4 N–H and O–H groups in total. The predicted molar refractivity (Wildman–Crippen MR) is 229 cm³/mol. The lowest BCUT2D eigenvalue weighted by Gasteiger charge is -2.39. The first kappa shape index (κ1) is 44.0. The fraction of sp³-hybridized carbons (Fsp3) is 0.545. The Morgan fingerprint density at radius 2 is 1.60 bits per heavy atom. The molecule has 0 saturated carbocycles. The van der Waals surface area contributed by atoms with Crippen molar-refractivity contribution in [2.75, 3.05) is 114 Å².